The van der Waals surface area contributed by atoms with Gasteiger partial charge in [0, 0.05) is 15.6 Å². The second-order valence-electron chi connectivity index (χ2n) is 9.85. The standard InChI is InChI=1S/C29H28Cl2N2O8/c30-16-10-11-19(20(31)12-16)23-22(27(37)32-40-14-15-6-2-1-3-7-15)17-8-4-5-9-18(17)28(38)33(23)24-26(36)25(35)21(13-34)41-29(24)39/h1-12,21-26,29,34-36,39H,13-14H2,(H,32,37)/t21-,22?,23?,24-,25-,26-,29?/m1/s1. The Morgan fingerprint density at radius 1 is 0.951 bits per heavy atom. The minimum atomic E-state index is -1.83. The first-order valence-electron chi connectivity index (χ1n) is 12.9. The van der Waals surface area contributed by atoms with E-state index < -0.39 is 61.0 Å². The number of hydrogen-bond donors (Lipinski definition) is 5. The molecule has 2 heterocycles. The van der Waals surface area contributed by atoms with E-state index in [-0.39, 0.29) is 17.2 Å². The molecule has 0 spiro atoms. The van der Waals surface area contributed by atoms with Crippen LogP contribution in [-0.4, -0.2) is 74.4 Å². The molecule has 0 saturated carbocycles. The molecule has 3 aromatic rings. The highest BCUT2D eigenvalue weighted by molar-refractivity contribution is 6.35. The van der Waals surface area contributed by atoms with E-state index in [1.807, 2.05) is 30.3 Å². The molecule has 10 nitrogen and oxygen atoms in total. The number of hydrogen-bond acceptors (Lipinski definition) is 8. The van der Waals surface area contributed by atoms with Gasteiger partial charge in [-0.3, -0.25) is 14.4 Å². The summed E-state index contributed by atoms with van der Waals surface area (Å²) in [6.07, 6.45) is -6.53. The molecule has 0 aliphatic carbocycles. The zero-order chi connectivity index (χ0) is 29.3. The Hall–Kier alpha value is -3.06. The molecule has 2 aliphatic rings. The van der Waals surface area contributed by atoms with Crippen LogP contribution in [0, 0.1) is 0 Å². The van der Waals surface area contributed by atoms with Crippen molar-refractivity contribution < 1.29 is 39.6 Å². The maximum atomic E-state index is 14.1. The van der Waals surface area contributed by atoms with Gasteiger partial charge < -0.3 is 30.1 Å². The van der Waals surface area contributed by atoms with Gasteiger partial charge >= 0.3 is 0 Å². The second kappa shape index (κ2) is 12.4. The van der Waals surface area contributed by atoms with Crippen LogP contribution < -0.4 is 5.48 Å². The van der Waals surface area contributed by atoms with Crippen molar-refractivity contribution in [1.29, 1.82) is 0 Å². The Morgan fingerprint density at radius 3 is 2.37 bits per heavy atom. The summed E-state index contributed by atoms with van der Waals surface area (Å²) in [6, 6.07) is 17.4. The second-order valence-corrected chi connectivity index (χ2v) is 10.7. The van der Waals surface area contributed by atoms with Crippen molar-refractivity contribution in [1.82, 2.24) is 10.4 Å². The van der Waals surface area contributed by atoms with Gasteiger partial charge in [-0.25, -0.2) is 5.48 Å². The zero-order valence-corrected chi connectivity index (χ0v) is 23.0. The summed E-state index contributed by atoms with van der Waals surface area (Å²) in [6.45, 7) is -0.617. The summed E-state index contributed by atoms with van der Waals surface area (Å²) in [5, 5.41) is 42.7. The molecule has 3 unspecified atom stereocenters. The average molecular weight is 603 g/mol. The topological polar surface area (TPSA) is 149 Å². The highest BCUT2D eigenvalue weighted by Gasteiger charge is 2.54. The third kappa shape index (κ3) is 5.70. The van der Waals surface area contributed by atoms with Gasteiger partial charge in [0.2, 0.25) is 0 Å². The number of aliphatic hydroxyl groups is 4. The minimum absolute atomic E-state index is 0.0680. The third-order valence-electron chi connectivity index (χ3n) is 7.38. The summed E-state index contributed by atoms with van der Waals surface area (Å²) >= 11 is 12.8. The number of ether oxygens (including phenoxy) is 1. The Balaban J connectivity index is 1.61. The van der Waals surface area contributed by atoms with E-state index in [1.165, 1.54) is 18.2 Å². The number of hydroxylamine groups is 1. The average Bonchev–Trinajstić information content (AvgIpc) is 2.96. The van der Waals surface area contributed by atoms with Crippen LogP contribution >= 0.6 is 23.2 Å². The molecule has 7 atom stereocenters. The number of benzene rings is 3. The van der Waals surface area contributed by atoms with Crippen LogP contribution in [-0.2, 0) is 21.0 Å². The number of amides is 2. The molecule has 0 aromatic heterocycles. The van der Waals surface area contributed by atoms with Gasteiger partial charge in [0.1, 0.15) is 24.4 Å². The van der Waals surface area contributed by atoms with Crippen molar-refractivity contribution in [3.05, 3.63) is 105 Å². The van der Waals surface area contributed by atoms with Gasteiger partial charge in [0.15, 0.2) is 6.29 Å². The molecule has 3 aromatic carbocycles. The molecule has 5 rings (SSSR count). The van der Waals surface area contributed by atoms with Crippen LogP contribution in [0.1, 0.15) is 39.0 Å². The number of nitrogens with one attached hydrogen (secondary N) is 1. The first kappa shape index (κ1) is 29.4. The molecular formula is C29H28Cl2N2O8. The molecule has 0 radical (unpaired) electrons. The van der Waals surface area contributed by atoms with Crippen LogP contribution in [0.2, 0.25) is 10.0 Å². The summed E-state index contributed by atoms with van der Waals surface area (Å²) in [5.41, 5.74) is 4.07. The summed E-state index contributed by atoms with van der Waals surface area (Å²) in [7, 11) is 0. The Morgan fingerprint density at radius 2 is 1.66 bits per heavy atom. The van der Waals surface area contributed by atoms with E-state index in [1.54, 1.807) is 24.3 Å². The quantitative estimate of drug-likeness (QED) is 0.259. The fourth-order valence-electron chi connectivity index (χ4n) is 5.45. The molecule has 2 aliphatic heterocycles. The molecule has 1 fully saturated rings. The monoisotopic (exact) mass is 602 g/mol. The largest absolute Gasteiger partial charge is 0.394 e. The van der Waals surface area contributed by atoms with Crippen LogP contribution in [0.15, 0.2) is 72.8 Å². The first-order chi connectivity index (χ1) is 19.7. The van der Waals surface area contributed by atoms with Crippen molar-refractivity contribution >= 4 is 35.0 Å². The van der Waals surface area contributed by atoms with Gasteiger partial charge in [-0.1, -0.05) is 77.8 Å². The molecular weight excluding hydrogens is 575 g/mol. The van der Waals surface area contributed by atoms with Gasteiger partial charge in [-0.15, -0.1) is 0 Å². The van der Waals surface area contributed by atoms with Crippen LogP contribution in [0.4, 0.5) is 0 Å². The van der Waals surface area contributed by atoms with E-state index in [4.69, 9.17) is 32.8 Å². The van der Waals surface area contributed by atoms with E-state index in [0.29, 0.717) is 16.1 Å². The fourth-order valence-corrected chi connectivity index (χ4v) is 5.97. The van der Waals surface area contributed by atoms with Crippen LogP contribution in [0.25, 0.3) is 0 Å². The minimum Gasteiger partial charge on any atom is -0.394 e. The first-order valence-corrected chi connectivity index (χ1v) is 13.6. The molecule has 12 heteroatoms. The van der Waals surface area contributed by atoms with E-state index >= 15 is 0 Å². The predicted octanol–water partition coefficient (Wildman–Crippen LogP) is 2.32. The lowest BCUT2D eigenvalue weighted by molar-refractivity contribution is -0.271. The number of carbonyl (C=O) groups excluding carboxylic acids is 2. The Bertz CT molecular complexity index is 1410. The number of rotatable bonds is 7. The Labute approximate surface area is 245 Å². The highest BCUT2D eigenvalue weighted by Crippen LogP contribution is 2.47. The normalized spacial score (nSPS) is 27.8. The fraction of sp³-hybridized carbons (Fsp3) is 0.310. The van der Waals surface area contributed by atoms with Crippen molar-refractivity contribution in [3.63, 3.8) is 0 Å². The SMILES string of the molecule is O=C(NOCc1ccccc1)C1c2ccccc2C(=O)N([C@H]2C(O)O[C@H](CO)[C@@H](O)[C@@H]2O)C1c1ccc(Cl)cc1Cl. The van der Waals surface area contributed by atoms with Crippen molar-refractivity contribution in [2.45, 2.75) is 49.2 Å². The lowest BCUT2D eigenvalue weighted by atomic mass is 9.77. The highest BCUT2D eigenvalue weighted by atomic mass is 35.5. The molecule has 0 bridgehead atoms. The molecule has 41 heavy (non-hydrogen) atoms. The van der Waals surface area contributed by atoms with Crippen LogP contribution in [0.3, 0.4) is 0 Å². The zero-order valence-electron chi connectivity index (χ0n) is 21.5. The van der Waals surface area contributed by atoms with Gasteiger partial charge in [0.05, 0.1) is 25.2 Å². The molecule has 1 saturated heterocycles. The van der Waals surface area contributed by atoms with Gasteiger partial charge in [0.25, 0.3) is 11.8 Å². The summed E-state index contributed by atoms with van der Waals surface area (Å²) in [4.78, 5) is 34.6. The van der Waals surface area contributed by atoms with E-state index in [9.17, 15) is 30.0 Å². The van der Waals surface area contributed by atoms with E-state index in [2.05, 4.69) is 5.48 Å². The lowest BCUT2D eigenvalue weighted by Gasteiger charge is -2.51. The molecule has 2 amide bonds. The van der Waals surface area contributed by atoms with Gasteiger partial charge in [-0.2, -0.15) is 0 Å². The number of aliphatic hydroxyl groups excluding tert-OH is 4. The molecule has 216 valence electrons. The van der Waals surface area contributed by atoms with Crippen molar-refractivity contribution in [2.75, 3.05) is 6.61 Å². The predicted molar refractivity (Wildman–Crippen MR) is 148 cm³/mol. The van der Waals surface area contributed by atoms with Gasteiger partial charge in [-0.05, 0) is 34.9 Å². The number of fused-ring (bicyclic) bond motifs is 1. The van der Waals surface area contributed by atoms with E-state index in [0.717, 1.165) is 10.5 Å². The smallest absolute Gasteiger partial charge is 0.255 e. The number of carbonyl (C=O) groups is 2. The lowest BCUT2D eigenvalue weighted by Crippen LogP contribution is -2.67. The molecule has 5 N–H and O–H groups in total. The maximum Gasteiger partial charge on any atom is 0.255 e. The third-order valence-corrected chi connectivity index (χ3v) is 7.94. The number of halogens is 2. The summed E-state index contributed by atoms with van der Waals surface area (Å²) < 4.78 is 5.39. The van der Waals surface area contributed by atoms with Crippen molar-refractivity contribution in [2.24, 2.45) is 0 Å². The number of nitrogens with zero attached hydrogens (tertiary/aromatic N) is 1. The summed E-state index contributed by atoms with van der Waals surface area (Å²) in [5.74, 6) is -2.42. The maximum absolute atomic E-state index is 14.1. The van der Waals surface area contributed by atoms with Crippen molar-refractivity contribution in [3.8, 4) is 0 Å². The Kier molecular flexibility index (Phi) is 8.93. The van der Waals surface area contributed by atoms with Crippen LogP contribution in [0.5, 0.6) is 0 Å².